The number of aliphatic hydroxyl groups is 1. The van der Waals surface area contributed by atoms with Gasteiger partial charge in [-0.2, -0.15) is 0 Å². The van der Waals surface area contributed by atoms with Crippen molar-refractivity contribution in [2.24, 2.45) is 7.05 Å². The fourth-order valence-electron chi connectivity index (χ4n) is 1.46. The van der Waals surface area contributed by atoms with Crippen molar-refractivity contribution in [3.63, 3.8) is 0 Å². The van der Waals surface area contributed by atoms with Crippen LogP contribution in [0.25, 0.3) is 0 Å². The fraction of sp³-hybridized carbons (Fsp3) is 0.300. The average molecular weight is 192 g/mol. The van der Waals surface area contributed by atoms with Gasteiger partial charge in [0.25, 0.3) is 0 Å². The van der Waals surface area contributed by atoms with Crippen LogP contribution in [0.1, 0.15) is 23.3 Å². The van der Waals surface area contributed by atoms with E-state index in [2.05, 4.69) is 4.98 Å². The lowest BCUT2D eigenvalue weighted by molar-refractivity contribution is 0.204. The number of nitrogens with zero attached hydrogens (tertiary/aromatic N) is 2. The van der Waals surface area contributed by atoms with Gasteiger partial charge in [-0.25, -0.2) is 4.98 Å². The highest BCUT2D eigenvalue weighted by atomic mass is 16.3. The quantitative estimate of drug-likeness (QED) is 0.782. The van der Waals surface area contributed by atoms with E-state index in [1.54, 1.807) is 29.3 Å². The molecule has 2 aromatic rings. The Morgan fingerprint density at radius 1 is 1.57 bits per heavy atom. The summed E-state index contributed by atoms with van der Waals surface area (Å²) >= 11 is 0. The molecule has 1 atom stereocenters. The monoisotopic (exact) mass is 192 g/mol. The van der Waals surface area contributed by atoms with Crippen molar-refractivity contribution >= 4 is 0 Å². The molecule has 14 heavy (non-hydrogen) atoms. The summed E-state index contributed by atoms with van der Waals surface area (Å²) in [6.45, 7) is 1.82. The fourth-order valence-corrected chi connectivity index (χ4v) is 1.46. The Labute approximate surface area is 81.8 Å². The minimum atomic E-state index is -0.714. The number of aryl methyl sites for hydroxylation is 2. The molecule has 2 aromatic heterocycles. The van der Waals surface area contributed by atoms with E-state index in [-0.39, 0.29) is 0 Å². The van der Waals surface area contributed by atoms with Gasteiger partial charge >= 0.3 is 0 Å². The minimum absolute atomic E-state index is 0.620. The molecule has 0 radical (unpaired) electrons. The molecule has 1 unspecified atom stereocenters. The highest BCUT2D eigenvalue weighted by Crippen LogP contribution is 2.23. The van der Waals surface area contributed by atoms with Gasteiger partial charge in [0.05, 0.1) is 6.26 Å². The largest absolute Gasteiger partial charge is 0.469 e. The molecule has 0 bridgehead atoms. The molecule has 0 aromatic carbocycles. The van der Waals surface area contributed by atoms with Crippen molar-refractivity contribution in [3.8, 4) is 0 Å². The number of imidazole rings is 1. The van der Waals surface area contributed by atoms with Crippen LogP contribution in [0.5, 0.6) is 0 Å². The summed E-state index contributed by atoms with van der Waals surface area (Å²) in [4.78, 5) is 4.08. The van der Waals surface area contributed by atoms with Gasteiger partial charge in [-0.05, 0) is 13.0 Å². The first-order valence-electron chi connectivity index (χ1n) is 4.39. The van der Waals surface area contributed by atoms with Crippen molar-refractivity contribution in [1.29, 1.82) is 0 Å². The number of aliphatic hydroxyl groups excluding tert-OH is 1. The molecule has 0 aliphatic heterocycles. The highest BCUT2D eigenvalue weighted by Gasteiger charge is 2.18. The number of hydrogen-bond acceptors (Lipinski definition) is 3. The van der Waals surface area contributed by atoms with Gasteiger partial charge < -0.3 is 14.1 Å². The van der Waals surface area contributed by atoms with Crippen molar-refractivity contribution in [1.82, 2.24) is 9.55 Å². The van der Waals surface area contributed by atoms with Crippen LogP contribution in [-0.2, 0) is 7.05 Å². The number of aromatic nitrogens is 2. The number of furan rings is 1. The predicted octanol–water partition coefficient (Wildman–Crippen LogP) is 1.40. The lowest BCUT2D eigenvalue weighted by Crippen LogP contribution is -2.06. The molecular formula is C10H12N2O2. The third-order valence-corrected chi connectivity index (χ3v) is 2.30. The third-order valence-electron chi connectivity index (χ3n) is 2.30. The number of rotatable bonds is 2. The van der Waals surface area contributed by atoms with Gasteiger partial charge in [-0.1, -0.05) is 0 Å². The van der Waals surface area contributed by atoms with E-state index in [1.807, 2.05) is 14.0 Å². The van der Waals surface area contributed by atoms with E-state index in [0.29, 0.717) is 5.82 Å². The molecule has 2 heterocycles. The molecule has 0 aliphatic rings. The van der Waals surface area contributed by atoms with Crippen LogP contribution < -0.4 is 0 Å². The average Bonchev–Trinajstić information content (AvgIpc) is 2.73. The summed E-state index contributed by atoms with van der Waals surface area (Å²) in [5.74, 6) is 1.34. The second kappa shape index (κ2) is 3.31. The Morgan fingerprint density at radius 3 is 2.86 bits per heavy atom. The summed E-state index contributed by atoms with van der Waals surface area (Å²) in [6, 6.07) is 1.76. The van der Waals surface area contributed by atoms with Crippen LogP contribution in [-0.4, -0.2) is 14.7 Å². The van der Waals surface area contributed by atoms with E-state index in [4.69, 9.17) is 4.42 Å². The van der Waals surface area contributed by atoms with Gasteiger partial charge in [-0.15, -0.1) is 0 Å². The molecule has 4 heteroatoms. The summed E-state index contributed by atoms with van der Waals surface area (Å²) in [6.07, 6.45) is 4.31. The van der Waals surface area contributed by atoms with Gasteiger partial charge in [-0.3, -0.25) is 0 Å². The predicted molar refractivity (Wildman–Crippen MR) is 50.7 cm³/mol. The smallest absolute Gasteiger partial charge is 0.142 e. The topological polar surface area (TPSA) is 51.2 Å². The molecule has 0 saturated carbocycles. The normalized spacial score (nSPS) is 13.1. The summed E-state index contributed by atoms with van der Waals surface area (Å²) in [5.41, 5.74) is 0.763. The number of hydrogen-bond donors (Lipinski definition) is 1. The maximum absolute atomic E-state index is 9.99. The second-order valence-electron chi connectivity index (χ2n) is 3.23. The van der Waals surface area contributed by atoms with Crippen molar-refractivity contribution in [2.75, 3.05) is 0 Å². The molecule has 0 spiro atoms. The van der Waals surface area contributed by atoms with Crippen LogP contribution in [0.15, 0.2) is 29.1 Å². The third kappa shape index (κ3) is 1.33. The summed E-state index contributed by atoms with van der Waals surface area (Å²) in [5, 5.41) is 9.99. The molecule has 0 aliphatic carbocycles. The zero-order valence-electron chi connectivity index (χ0n) is 8.14. The van der Waals surface area contributed by atoms with E-state index in [9.17, 15) is 5.11 Å². The molecule has 4 nitrogen and oxygen atoms in total. The molecule has 0 saturated heterocycles. The Morgan fingerprint density at radius 2 is 2.36 bits per heavy atom. The molecule has 0 amide bonds. The zero-order chi connectivity index (χ0) is 10.1. The molecular weight excluding hydrogens is 180 g/mol. The van der Waals surface area contributed by atoms with Crippen molar-refractivity contribution in [2.45, 2.75) is 13.0 Å². The Hall–Kier alpha value is -1.55. The Balaban J connectivity index is 2.38. The molecule has 1 N–H and O–H groups in total. The molecule has 2 rings (SSSR count). The highest BCUT2D eigenvalue weighted by molar-refractivity contribution is 5.24. The van der Waals surface area contributed by atoms with Gasteiger partial charge in [0.2, 0.25) is 0 Å². The lowest BCUT2D eigenvalue weighted by Gasteiger charge is -2.09. The van der Waals surface area contributed by atoms with Crippen LogP contribution in [0.4, 0.5) is 0 Å². The second-order valence-corrected chi connectivity index (χ2v) is 3.23. The Kier molecular flexibility index (Phi) is 2.13. The van der Waals surface area contributed by atoms with Gasteiger partial charge in [0.15, 0.2) is 0 Å². The summed E-state index contributed by atoms with van der Waals surface area (Å²) < 4.78 is 6.92. The first-order chi connectivity index (χ1) is 6.70. The maximum atomic E-state index is 9.99. The minimum Gasteiger partial charge on any atom is -0.469 e. The van der Waals surface area contributed by atoms with E-state index >= 15 is 0 Å². The SMILES string of the molecule is Cc1occc1C(O)c1nccn1C. The van der Waals surface area contributed by atoms with Crippen LogP contribution in [0.3, 0.4) is 0 Å². The van der Waals surface area contributed by atoms with E-state index in [1.165, 1.54) is 0 Å². The van der Waals surface area contributed by atoms with Gasteiger partial charge in [0.1, 0.15) is 17.7 Å². The van der Waals surface area contributed by atoms with E-state index < -0.39 is 6.10 Å². The Bertz CT molecular complexity index is 391. The zero-order valence-corrected chi connectivity index (χ0v) is 8.14. The van der Waals surface area contributed by atoms with Crippen LogP contribution in [0, 0.1) is 6.92 Å². The summed E-state index contributed by atoms with van der Waals surface area (Å²) in [7, 11) is 1.85. The molecule has 0 fully saturated rings. The van der Waals surface area contributed by atoms with E-state index in [0.717, 1.165) is 11.3 Å². The standard InChI is InChI=1S/C10H12N2O2/c1-7-8(3-6-14-7)9(13)10-11-4-5-12(10)2/h3-6,9,13H,1-2H3. The van der Waals surface area contributed by atoms with Crippen molar-refractivity contribution < 1.29 is 9.52 Å². The first kappa shape index (κ1) is 9.02. The van der Waals surface area contributed by atoms with Crippen molar-refractivity contribution in [3.05, 3.63) is 41.9 Å². The lowest BCUT2D eigenvalue weighted by atomic mass is 10.1. The first-order valence-corrected chi connectivity index (χ1v) is 4.39. The van der Waals surface area contributed by atoms with Gasteiger partial charge in [0, 0.05) is 25.0 Å². The maximum Gasteiger partial charge on any atom is 0.142 e. The van der Waals surface area contributed by atoms with Crippen LogP contribution in [0.2, 0.25) is 0 Å². The van der Waals surface area contributed by atoms with Crippen LogP contribution >= 0.6 is 0 Å². The molecule has 74 valence electrons.